The summed E-state index contributed by atoms with van der Waals surface area (Å²) in [6, 6.07) is 9.53. The van der Waals surface area contributed by atoms with E-state index in [1.807, 2.05) is 32.0 Å². The number of aromatic nitrogens is 3. The highest BCUT2D eigenvalue weighted by molar-refractivity contribution is 7.98. The Morgan fingerprint density at radius 2 is 2.07 bits per heavy atom. The highest BCUT2D eigenvalue weighted by atomic mass is 32.2. The first kappa shape index (κ1) is 18.2. The third-order valence-corrected chi connectivity index (χ3v) is 6.47. The van der Waals surface area contributed by atoms with Crippen molar-refractivity contribution in [3.63, 3.8) is 0 Å². The Labute approximate surface area is 171 Å². The molecule has 29 heavy (non-hydrogen) atoms. The van der Waals surface area contributed by atoms with E-state index in [0.717, 1.165) is 51.7 Å². The Hall–Kier alpha value is -2.80. The van der Waals surface area contributed by atoms with Crippen molar-refractivity contribution in [3.05, 3.63) is 75.3 Å². The minimum Gasteiger partial charge on any atom is -0.467 e. The summed E-state index contributed by atoms with van der Waals surface area (Å²) in [5.74, 6) is 3.01. The van der Waals surface area contributed by atoms with Crippen LogP contribution in [0, 0.1) is 13.8 Å². The van der Waals surface area contributed by atoms with Gasteiger partial charge in [-0.3, -0.25) is 4.57 Å². The van der Waals surface area contributed by atoms with Crippen molar-refractivity contribution in [1.82, 2.24) is 14.8 Å². The van der Waals surface area contributed by atoms with Crippen molar-refractivity contribution in [2.45, 2.75) is 50.1 Å². The third kappa shape index (κ3) is 3.51. The fourth-order valence-electron chi connectivity index (χ4n) is 3.54. The van der Waals surface area contributed by atoms with E-state index in [-0.39, 0.29) is 5.63 Å². The van der Waals surface area contributed by atoms with Crippen molar-refractivity contribution in [2.75, 3.05) is 0 Å². The molecule has 4 aromatic rings. The zero-order chi connectivity index (χ0) is 20.0. The third-order valence-electron chi connectivity index (χ3n) is 5.46. The molecule has 7 heteroatoms. The summed E-state index contributed by atoms with van der Waals surface area (Å²) in [6.07, 6.45) is 4.00. The van der Waals surface area contributed by atoms with Crippen LogP contribution in [0.5, 0.6) is 0 Å². The highest BCUT2D eigenvalue weighted by Crippen LogP contribution is 2.40. The molecule has 1 saturated carbocycles. The highest BCUT2D eigenvalue weighted by Gasteiger charge is 2.30. The normalized spacial score (nSPS) is 14.0. The van der Waals surface area contributed by atoms with Crippen molar-refractivity contribution in [2.24, 2.45) is 0 Å². The predicted octanol–water partition coefficient (Wildman–Crippen LogP) is 4.81. The Morgan fingerprint density at radius 3 is 2.83 bits per heavy atom. The van der Waals surface area contributed by atoms with Gasteiger partial charge in [0.25, 0.3) is 0 Å². The molecule has 0 amide bonds. The summed E-state index contributed by atoms with van der Waals surface area (Å²) in [4.78, 5) is 12.1. The maximum Gasteiger partial charge on any atom is 0.336 e. The van der Waals surface area contributed by atoms with Crippen LogP contribution in [0.3, 0.4) is 0 Å². The molecule has 3 heterocycles. The number of aryl methyl sites for hydroxylation is 2. The molecule has 0 saturated heterocycles. The van der Waals surface area contributed by atoms with Gasteiger partial charge in [-0.25, -0.2) is 4.79 Å². The topological polar surface area (TPSA) is 74.1 Å². The van der Waals surface area contributed by atoms with Gasteiger partial charge in [-0.2, -0.15) is 0 Å². The average Bonchev–Trinajstić information content (AvgIpc) is 3.27. The van der Waals surface area contributed by atoms with Gasteiger partial charge in [0.15, 0.2) is 5.16 Å². The fourth-order valence-corrected chi connectivity index (χ4v) is 4.48. The van der Waals surface area contributed by atoms with Gasteiger partial charge in [0.05, 0.1) is 12.8 Å². The number of benzene rings is 1. The second-order valence-electron chi connectivity index (χ2n) is 7.54. The lowest BCUT2D eigenvalue weighted by molar-refractivity contribution is 0.478. The molecule has 0 spiro atoms. The molecule has 0 bridgehead atoms. The largest absolute Gasteiger partial charge is 0.467 e. The van der Waals surface area contributed by atoms with Gasteiger partial charge in [0, 0.05) is 23.1 Å². The zero-order valence-electron chi connectivity index (χ0n) is 16.3. The van der Waals surface area contributed by atoms with Crippen LogP contribution in [0.4, 0.5) is 0 Å². The average molecular weight is 407 g/mol. The van der Waals surface area contributed by atoms with Crippen LogP contribution in [0.15, 0.2) is 55.4 Å². The van der Waals surface area contributed by atoms with Crippen molar-refractivity contribution >= 4 is 22.7 Å². The number of thioether (sulfide) groups is 1. The summed E-state index contributed by atoms with van der Waals surface area (Å²) in [5, 5.41) is 10.7. The number of nitrogens with zero attached hydrogens (tertiary/aromatic N) is 3. The maximum absolute atomic E-state index is 12.1. The molecule has 3 aromatic heterocycles. The lowest BCUT2D eigenvalue weighted by atomic mass is 10.0. The molecule has 148 valence electrons. The van der Waals surface area contributed by atoms with Crippen LogP contribution in [0.2, 0.25) is 0 Å². The van der Waals surface area contributed by atoms with E-state index in [0.29, 0.717) is 23.8 Å². The first-order valence-corrected chi connectivity index (χ1v) is 10.7. The number of rotatable bonds is 6. The van der Waals surface area contributed by atoms with Crippen molar-refractivity contribution in [1.29, 1.82) is 0 Å². The Morgan fingerprint density at radius 1 is 1.21 bits per heavy atom. The van der Waals surface area contributed by atoms with E-state index < -0.39 is 0 Å². The van der Waals surface area contributed by atoms with Crippen LogP contribution in [0.25, 0.3) is 11.0 Å². The van der Waals surface area contributed by atoms with Crippen LogP contribution in [-0.2, 0) is 12.3 Å². The Bertz CT molecular complexity index is 1240. The Kier molecular flexibility index (Phi) is 4.54. The van der Waals surface area contributed by atoms with Gasteiger partial charge >= 0.3 is 5.63 Å². The Balaban J connectivity index is 1.48. The fraction of sp³-hybridized carbons (Fsp3) is 0.318. The van der Waals surface area contributed by atoms with Gasteiger partial charge in [0.2, 0.25) is 0 Å². The molecule has 6 nitrogen and oxygen atoms in total. The van der Waals surface area contributed by atoms with Crippen LogP contribution in [-0.4, -0.2) is 14.8 Å². The molecule has 0 radical (unpaired) electrons. The van der Waals surface area contributed by atoms with E-state index in [1.54, 1.807) is 24.1 Å². The predicted molar refractivity (Wildman–Crippen MR) is 111 cm³/mol. The summed E-state index contributed by atoms with van der Waals surface area (Å²) >= 11 is 1.59. The number of fused-ring (bicyclic) bond motifs is 1. The number of hydrogen-bond acceptors (Lipinski definition) is 6. The first-order chi connectivity index (χ1) is 14.1. The van der Waals surface area contributed by atoms with E-state index in [4.69, 9.17) is 8.83 Å². The SMILES string of the molecule is Cc1ccc2c(CSc3nnc(C4CC4)n3Cc3ccco3)cc(=O)oc2c1C. The van der Waals surface area contributed by atoms with Gasteiger partial charge in [-0.05, 0) is 55.5 Å². The summed E-state index contributed by atoms with van der Waals surface area (Å²) in [5.41, 5.74) is 3.41. The minimum atomic E-state index is -0.322. The molecule has 1 aliphatic carbocycles. The quantitative estimate of drug-likeness (QED) is 0.337. The molecule has 5 rings (SSSR count). The first-order valence-electron chi connectivity index (χ1n) is 9.71. The zero-order valence-corrected chi connectivity index (χ0v) is 17.2. The molecule has 1 fully saturated rings. The molecule has 1 aliphatic rings. The van der Waals surface area contributed by atoms with Crippen molar-refractivity contribution < 1.29 is 8.83 Å². The summed E-state index contributed by atoms with van der Waals surface area (Å²) < 4.78 is 13.2. The minimum absolute atomic E-state index is 0.322. The molecular formula is C22H21N3O3S. The van der Waals surface area contributed by atoms with E-state index in [2.05, 4.69) is 20.8 Å². The van der Waals surface area contributed by atoms with Crippen LogP contribution < -0.4 is 5.63 Å². The molecule has 0 unspecified atom stereocenters. The van der Waals surface area contributed by atoms with Crippen LogP contribution >= 0.6 is 11.8 Å². The lowest BCUT2D eigenvalue weighted by Crippen LogP contribution is -2.06. The standard InChI is InChI=1S/C22H21N3O3S/c1-13-5-8-18-16(10-19(26)28-20(18)14(13)2)12-29-22-24-23-21(15-6-7-15)25(22)11-17-4-3-9-27-17/h3-5,8-10,15H,6-7,11-12H2,1-2H3. The number of furan rings is 1. The monoisotopic (exact) mass is 407 g/mol. The van der Waals surface area contributed by atoms with Crippen LogP contribution in [0.1, 0.15) is 47.0 Å². The van der Waals surface area contributed by atoms with Gasteiger partial charge < -0.3 is 8.83 Å². The molecule has 1 aromatic carbocycles. The van der Waals surface area contributed by atoms with Gasteiger partial charge in [-0.1, -0.05) is 23.9 Å². The summed E-state index contributed by atoms with van der Waals surface area (Å²) in [7, 11) is 0. The van der Waals surface area contributed by atoms with Crippen molar-refractivity contribution in [3.8, 4) is 0 Å². The van der Waals surface area contributed by atoms with E-state index in [1.165, 1.54) is 0 Å². The van der Waals surface area contributed by atoms with E-state index in [9.17, 15) is 4.79 Å². The summed E-state index contributed by atoms with van der Waals surface area (Å²) in [6.45, 7) is 4.62. The smallest absolute Gasteiger partial charge is 0.336 e. The second-order valence-corrected chi connectivity index (χ2v) is 8.49. The second kappa shape index (κ2) is 7.22. The number of hydrogen-bond donors (Lipinski definition) is 0. The molecule has 0 atom stereocenters. The molecule has 0 aliphatic heterocycles. The lowest BCUT2D eigenvalue weighted by Gasteiger charge is -2.10. The molecule has 0 N–H and O–H groups in total. The molecular weight excluding hydrogens is 386 g/mol. The van der Waals surface area contributed by atoms with E-state index >= 15 is 0 Å². The maximum atomic E-state index is 12.1. The van der Waals surface area contributed by atoms with Gasteiger partial charge in [-0.15, -0.1) is 10.2 Å². The van der Waals surface area contributed by atoms with Gasteiger partial charge in [0.1, 0.15) is 17.2 Å².